The van der Waals surface area contributed by atoms with Gasteiger partial charge in [0.15, 0.2) is 11.5 Å². The van der Waals surface area contributed by atoms with Gasteiger partial charge < -0.3 is 9.47 Å². The molecule has 0 spiro atoms. The Bertz CT molecular complexity index is 1540. The van der Waals surface area contributed by atoms with E-state index in [1.54, 1.807) is 0 Å². The molecule has 5 aromatic rings. The van der Waals surface area contributed by atoms with E-state index in [0.29, 0.717) is 18.1 Å². The molecule has 3 heterocycles. The largest absolute Gasteiger partial charge is 0.492 e. The average Bonchev–Trinajstić information content (AvgIpc) is 3.63. The molecule has 1 aliphatic heterocycles. The molecule has 0 N–H and O–H groups in total. The Hall–Kier alpha value is -3.87. The van der Waals surface area contributed by atoms with Crippen molar-refractivity contribution in [1.29, 1.82) is 0 Å². The topological polar surface area (TPSA) is 51.9 Å². The molecule has 0 bridgehead atoms. The zero-order valence-electron chi connectivity index (χ0n) is 21.8. The molecular weight excluding hydrogens is 508 g/mol. The number of aromatic nitrogens is 3. The Kier molecular flexibility index (Phi) is 7.75. The van der Waals surface area contributed by atoms with Gasteiger partial charge in [-0.05, 0) is 74.0 Å². The second-order valence-electron chi connectivity index (χ2n) is 9.83. The highest BCUT2D eigenvalue weighted by atomic mass is 35.5. The Morgan fingerprint density at radius 3 is 2.46 bits per heavy atom. The van der Waals surface area contributed by atoms with E-state index in [1.165, 1.54) is 25.9 Å². The lowest BCUT2D eigenvalue weighted by molar-refractivity contribution is 0.238. The molecule has 2 aromatic heterocycles. The van der Waals surface area contributed by atoms with E-state index < -0.39 is 0 Å². The van der Waals surface area contributed by atoms with Crippen molar-refractivity contribution in [2.45, 2.75) is 25.9 Å². The van der Waals surface area contributed by atoms with E-state index in [1.807, 2.05) is 77.3 Å². The van der Waals surface area contributed by atoms with Crippen LogP contribution in [-0.4, -0.2) is 45.7 Å². The number of nitrogens with zero attached hydrogens (tertiary/aromatic N) is 4. The third kappa shape index (κ3) is 6.24. The van der Waals surface area contributed by atoms with E-state index in [2.05, 4.69) is 23.1 Å². The second kappa shape index (κ2) is 11.9. The highest BCUT2D eigenvalue weighted by Gasteiger charge is 2.12. The lowest BCUT2D eigenvalue weighted by atomic mass is 10.1. The maximum Gasteiger partial charge on any atom is 0.156 e. The van der Waals surface area contributed by atoms with Crippen molar-refractivity contribution in [2.24, 2.45) is 0 Å². The summed E-state index contributed by atoms with van der Waals surface area (Å²) in [6, 6.07) is 30.0. The summed E-state index contributed by atoms with van der Waals surface area (Å²) in [5, 5.41) is 5.55. The molecule has 0 atom stereocenters. The monoisotopic (exact) mass is 538 g/mol. The fourth-order valence-corrected chi connectivity index (χ4v) is 5.14. The molecule has 6 rings (SSSR count). The van der Waals surface area contributed by atoms with Crippen molar-refractivity contribution in [3.63, 3.8) is 0 Å². The molecule has 6 nitrogen and oxygen atoms in total. The van der Waals surface area contributed by atoms with E-state index >= 15 is 0 Å². The van der Waals surface area contributed by atoms with Crippen molar-refractivity contribution in [3.8, 4) is 22.8 Å². The molecule has 1 aliphatic rings. The molecule has 0 unspecified atom stereocenters. The zero-order chi connectivity index (χ0) is 26.4. The van der Waals surface area contributed by atoms with Gasteiger partial charge in [-0.15, -0.1) is 0 Å². The molecule has 0 aliphatic carbocycles. The summed E-state index contributed by atoms with van der Waals surface area (Å²) in [6.45, 7) is 4.51. The van der Waals surface area contributed by atoms with Crippen LogP contribution in [0.25, 0.3) is 16.9 Å². The minimum absolute atomic E-state index is 0.406. The maximum atomic E-state index is 6.29. The molecule has 0 radical (unpaired) electrons. The van der Waals surface area contributed by atoms with Crippen molar-refractivity contribution >= 4 is 17.2 Å². The normalized spacial score (nSPS) is 13.7. The Balaban J connectivity index is 1.13. The summed E-state index contributed by atoms with van der Waals surface area (Å²) in [7, 11) is 0. The average molecular weight is 539 g/mol. The molecule has 1 fully saturated rings. The summed E-state index contributed by atoms with van der Waals surface area (Å²) < 4.78 is 13.9. The van der Waals surface area contributed by atoms with Gasteiger partial charge in [-0.2, -0.15) is 5.10 Å². The minimum Gasteiger partial charge on any atom is -0.492 e. The van der Waals surface area contributed by atoms with E-state index in [0.717, 1.165) is 58.5 Å². The number of hydrogen-bond donors (Lipinski definition) is 0. The SMILES string of the molecule is Clc1ccccc1COc1cccc(-c2cccc3nc(Cc4ccc(OCCN5CCCC5)cc4)nn23)c1. The minimum atomic E-state index is 0.406. The number of benzene rings is 3. The molecular formula is C32H31ClN4O2. The first-order valence-corrected chi connectivity index (χ1v) is 13.8. The van der Waals surface area contributed by atoms with E-state index in [9.17, 15) is 0 Å². The van der Waals surface area contributed by atoms with Crippen LogP contribution in [0.15, 0.2) is 91.0 Å². The molecule has 198 valence electrons. The Labute approximate surface area is 233 Å². The standard InChI is InChI=1S/C32H31ClN4O2/c33-29-10-2-1-7-26(29)23-39-28-9-5-8-25(22-28)30-11-6-12-32-34-31(35-37(30)32)21-24-13-15-27(16-14-24)38-20-19-36-17-3-4-18-36/h1-2,5-16,22H,3-4,17-21,23H2. The van der Waals surface area contributed by atoms with Crippen molar-refractivity contribution < 1.29 is 9.47 Å². The summed E-state index contributed by atoms with van der Waals surface area (Å²) in [5.41, 5.74) is 4.87. The number of fused-ring (bicyclic) bond motifs is 1. The van der Waals surface area contributed by atoms with E-state index in [-0.39, 0.29) is 0 Å². The number of halogens is 1. The van der Waals surface area contributed by atoms with E-state index in [4.69, 9.17) is 31.2 Å². The molecule has 0 amide bonds. The van der Waals surface area contributed by atoms with Crippen molar-refractivity contribution in [2.75, 3.05) is 26.2 Å². The summed E-state index contributed by atoms with van der Waals surface area (Å²) in [6.07, 6.45) is 3.26. The highest BCUT2D eigenvalue weighted by molar-refractivity contribution is 6.31. The first kappa shape index (κ1) is 25.4. The number of likely N-dealkylation sites (tertiary alicyclic amines) is 1. The van der Waals surface area contributed by atoms with Gasteiger partial charge in [0.1, 0.15) is 24.7 Å². The third-order valence-electron chi connectivity index (χ3n) is 7.05. The molecule has 0 saturated carbocycles. The highest BCUT2D eigenvalue weighted by Crippen LogP contribution is 2.26. The fourth-order valence-electron chi connectivity index (χ4n) is 4.95. The van der Waals surface area contributed by atoms with Crippen LogP contribution >= 0.6 is 11.6 Å². The molecule has 1 saturated heterocycles. The molecule has 3 aromatic carbocycles. The Morgan fingerprint density at radius 2 is 1.62 bits per heavy atom. The van der Waals surface area contributed by atoms with Crippen LogP contribution in [0.2, 0.25) is 5.02 Å². The van der Waals surface area contributed by atoms with Crippen LogP contribution in [0.3, 0.4) is 0 Å². The first-order chi connectivity index (χ1) is 19.2. The quantitative estimate of drug-likeness (QED) is 0.198. The van der Waals surface area contributed by atoms with Crippen LogP contribution in [0.1, 0.15) is 29.8 Å². The predicted octanol–water partition coefficient (Wildman–Crippen LogP) is 6.69. The number of rotatable bonds is 10. The van der Waals surface area contributed by atoms with Gasteiger partial charge in [0.05, 0.1) is 5.69 Å². The predicted molar refractivity (Wildman–Crippen MR) is 155 cm³/mol. The maximum absolute atomic E-state index is 6.29. The molecule has 39 heavy (non-hydrogen) atoms. The Morgan fingerprint density at radius 1 is 0.795 bits per heavy atom. The van der Waals surface area contributed by atoms with Gasteiger partial charge in [0, 0.05) is 29.1 Å². The number of hydrogen-bond acceptors (Lipinski definition) is 5. The van der Waals surface area contributed by atoms with Gasteiger partial charge in [0.25, 0.3) is 0 Å². The summed E-state index contributed by atoms with van der Waals surface area (Å²) in [5.74, 6) is 2.45. The van der Waals surface area contributed by atoms with Crippen LogP contribution in [-0.2, 0) is 13.0 Å². The van der Waals surface area contributed by atoms with Crippen LogP contribution < -0.4 is 9.47 Å². The number of ether oxygens (including phenoxy) is 2. The second-order valence-corrected chi connectivity index (χ2v) is 10.2. The van der Waals surface area contributed by atoms with Crippen LogP contribution in [0.5, 0.6) is 11.5 Å². The smallest absolute Gasteiger partial charge is 0.156 e. The lowest BCUT2D eigenvalue weighted by Gasteiger charge is -2.14. The van der Waals surface area contributed by atoms with Gasteiger partial charge in [-0.1, -0.05) is 60.1 Å². The van der Waals surface area contributed by atoms with Crippen molar-refractivity contribution in [1.82, 2.24) is 19.5 Å². The van der Waals surface area contributed by atoms with Crippen LogP contribution in [0, 0.1) is 0 Å². The molecule has 7 heteroatoms. The van der Waals surface area contributed by atoms with Gasteiger partial charge in [-0.3, -0.25) is 4.90 Å². The van der Waals surface area contributed by atoms with Gasteiger partial charge in [0.2, 0.25) is 0 Å². The third-order valence-corrected chi connectivity index (χ3v) is 7.41. The first-order valence-electron chi connectivity index (χ1n) is 13.5. The summed E-state index contributed by atoms with van der Waals surface area (Å²) in [4.78, 5) is 7.25. The zero-order valence-corrected chi connectivity index (χ0v) is 22.6. The fraction of sp³-hybridized carbons (Fsp3) is 0.250. The van der Waals surface area contributed by atoms with Gasteiger partial charge >= 0.3 is 0 Å². The van der Waals surface area contributed by atoms with Crippen molar-refractivity contribution in [3.05, 3.63) is 113 Å². The number of pyridine rings is 1. The van der Waals surface area contributed by atoms with Gasteiger partial charge in [-0.25, -0.2) is 9.50 Å². The summed E-state index contributed by atoms with van der Waals surface area (Å²) >= 11 is 6.29. The lowest BCUT2D eigenvalue weighted by Crippen LogP contribution is -2.25. The van der Waals surface area contributed by atoms with Crippen LogP contribution in [0.4, 0.5) is 0 Å².